The molecule has 0 saturated carbocycles. The van der Waals surface area contributed by atoms with E-state index in [0.29, 0.717) is 12.1 Å². The maximum atomic E-state index is 13.1. The van der Waals surface area contributed by atoms with Gasteiger partial charge in [0.15, 0.2) is 0 Å². The minimum absolute atomic E-state index is 0.00608. The van der Waals surface area contributed by atoms with E-state index in [-0.39, 0.29) is 13.0 Å². The second-order valence-corrected chi connectivity index (χ2v) is 5.04. The number of alkyl halides is 3. The molecule has 1 atom stereocenters. The van der Waals surface area contributed by atoms with E-state index in [1.165, 1.54) is 0 Å². The fourth-order valence-electron chi connectivity index (χ4n) is 2.19. The molecule has 1 nitrogen and oxygen atoms in total. The molecule has 0 aromatic heterocycles. The molecule has 4 heteroatoms. The van der Waals surface area contributed by atoms with Crippen LogP contribution in [0.15, 0.2) is 60.7 Å². The van der Waals surface area contributed by atoms with Crippen molar-refractivity contribution >= 4 is 0 Å². The predicted octanol–water partition coefficient (Wildman–Crippen LogP) is 4.20. The molecule has 0 aliphatic rings. The topological polar surface area (TPSA) is 12.0 Å². The van der Waals surface area contributed by atoms with Gasteiger partial charge in [0.1, 0.15) is 0 Å². The van der Waals surface area contributed by atoms with Crippen molar-refractivity contribution in [2.75, 3.05) is 6.54 Å². The molecule has 2 rings (SSSR count). The van der Waals surface area contributed by atoms with Crippen LogP contribution in [-0.2, 0) is 13.0 Å². The van der Waals surface area contributed by atoms with Gasteiger partial charge in [-0.2, -0.15) is 13.2 Å². The molecule has 0 amide bonds. The average Bonchev–Trinajstić information content (AvgIpc) is 2.47. The summed E-state index contributed by atoms with van der Waals surface area (Å²) in [6.45, 7) is 0.371. The SMILES string of the molecule is FC(F)(F)[C@H](CNCc1ccccc1)Cc1ccccc1. The summed E-state index contributed by atoms with van der Waals surface area (Å²) >= 11 is 0. The van der Waals surface area contributed by atoms with E-state index in [9.17, 15) is 13.2 Å². The second-order valence-electron chi connectivity index (χ2n) is 5.04. The number of nitrogens with one attached hydrogen (secondary N) is 1. The molecule has 21 heavy (non-hydrogen) atoms. The summed E-state index contributed by atoms with van der Waals surface area (Å²) in [6.07, 6.45) is -4.19. The van der Waals surface area contributed by atoms with Crippen LogP contribution < -0.4 is 5.32 Å². The molecule has 0 saturated heterocycles. The first-order valence-corrected chi connectivity index (χ1v) is 6.91. The molecule has 112 valence electrons. The third kappa shape index (κ3) is 5.23. The lowest BCUT2D eigenvalue weighted by Gasteiger charge is -2.21. The lowest BCUT2D eigenvalue weighted by molar-refractivity contribution is -0.173. The summed E-state index contributed by atoms with van der Waals surface area (Å²) < 4.78 is 39.3. The zero-order chi connectivity index (χ0) is 15.1. The van der Waals surface area contributed by atoms with E-state index >= 15 is 0 Å². The molecule has 0 bridgehead atoms. The number of halogens is 3. The third-order valence-electron chi connectivity index (χ3n) is 3.35. The summed E-state index contributed by atoms with van der Waals surface area (Å²) in [6, 6.07) is 18.2. The summed E-state index contributed by atoms with van der Waals surface area (Å²) in [5.41, 5.74) is 1.69. The van der Waals surface area contributed by atoms with Crippen LogP contribution >= 0.6 is 0 Å². The quantitative estimate of drug-likeness (QED) is 0.842. The Balaban J connectivity index is 1.91. The van der Waals surface area contributed by atoms with Crippen molar-refractivity contribution in [3.05, 3.63) is 71.8 Å². The van der Waals surface area contributed by atoms with Crippen LogP contribution in [0.25, 0.3) is 0 Å². The van der Waals surface area contributed by atoms with Crippen LogP contribution in [0.3, 0.4) is 0 Å². The highest BCUT2D eigenvalue weighted by molar-refractivity contribution is 5.16. The first-order chi connectivity index (χ1) is 10.1. The van der Waals surface area contributed by atoms with E-state index in [2.05, 4.69) is 5.32 Å². The van der Waals surface area contributed by atoms with Gasteiger partial charge in [-0.25, -0.2) is 0 Å². The van der Waals surface area contributed by atoms with Crippen molar-refractivity contribution in [3.8, 4) is 0 Å². The molecular formula is C17H18F3N. The number of benzene rings is 2. The summed E-state index contributed by atoms with van der Waals surface area (Å²) in [4.78, 5) is 0. The van der Waals surface area contributed by atoms with Crippen molar-refractivity contribution in [1.29, 1.82) is 0 Å². The van der Waals surface area contributed by atoms with Crippen LogP contribution in [0, 0.1) is 5.92 Å². The number of hydrogen-bond donors (Lipinski definition) is 1. The first-order valence-electron chi connectivity index (χ1n) is 6.91. The van der Waals surface area contributed by atoms with Crippen molar-refractivity contribution in [2.24, 2.45) is 5.92 Å². The third-order valence-corrected chi connectivity index (χ3v) is 3.35. The Labute approximate surface area is 122 Å². The van der Waals surface area contributed by atoms with Gasteiger partial charge in [0.25, 0.3) is 0 Å². The van der Waals surface area contributed by atoms with Gasteiger partial charge in [0.2, 0.25) is 0 Å². The molecule has 0 aliphatic heterocycles. The second kappa shape index (κ2) is 7.27. The Morgan fingerprint density at radius 3 is 1.86 bits per heavy atom. The van der Waals surface area contributed by atoms with E-state index in [1.807, 2.05) is 30.3 Å². The maximum Gasteiger partial charge on any atom is 0.393 e. The molecule has 0 spiro atoms. The smallest absolute Gasteiger partial charge is 0.312 e. The largest absolute Gasteiger partial charge is 0.393 e. The molecule has 1 N–H and O–H groups in total. The normalized spacial score (nSPS) is 13.1. The zero-order valence-electron chi connectivity index (χ0n) is 11.6. The van der Waals surface area contributed by atoms with Crippen LogP contribution in [-0.4, -0.2) is 12.7 Å². The fraction of sp³-hybridized carbons (Fsp3) is 0.294. The van der Waals surface area contributed by atoms with Crippen LogP contribution in [0.1, 0.15) is 11.1 Å². The monoisotopic (exact) mass is 293 g/mol. The molecule has 2 aromatic rings. The summed E-state index contributed by atoms with van der Waals surface area (Å²) in [7, 11) is 0. The van der Waals surface area contributed by atoms with Gasteiger partial charge < -0.3 is 5.32 Å². The van der Waals surface area contributed by atoms with E-state index < -0.39 is 12.1 Å². The van der Waals surface area contributed by atoms with Crippen molar-refractivity contribution in [3.63, 3.8) is 0 Å². The molecular weight excluding hydrogens is 275 g/mol. The first kappa shape index (κ1) is 15.6. The van der Waals surface area contributed by atoms with Crippen LogP contribution in [0.2, 0.25) is 0 Å². The summed E-state index contributed by atoms with van der Waals surface area (Å²) in [5.74, 6) is -1.37. The van der Waals surface area contributed by atoms with Crippen molar-refractivity contribution in [1.82, 2.24) is 5.32 Å². The van der Waals surface area contributed by atoms with Gasteiger partial charge in [-0.1, -0.05) is 60.7 Å². The Morgan fingerprint density at radius 1 is 0.810 bits per heavy atom. The Bertz CT molecular complexity index is 523. The van der Waals surface area contributed by atoms with Gasteiger partial charge in [0, 0.05) is 13.1 Å². The molecule has 0 aliphatic carbocycles. The van der Waals surface area contributed by atoms with E-state index in [4.69, 9.17) is 0 Å². The summed E-state index contributed by atoms with van der Waals surface area (Å²) in [5, 5.41) is 2.91. The standard InChI is InChI=1S/C17H18F3N/c18-17(19,20)16(11-14-7-3-1-4-8-14)13-21-12-15-9-5-2-6-10-15/h1-10,16,21H,11-13H2/t16-/m0/s1. The minimum Gasteiger partial charge on any atom is -0.312 e. The van der Waals surface area contributed by atoms with Crippen LogP contribution in [0.5, 0.6) is 0 Å². The molecule has 2 aromatic carbocycles. The average molecular weight is 293 g/mol. The van der Waals surface area contributed by atoms with Gasteiger partial charge in [-0.05, 0) is 17.5 Å². The van der Waals surface area contributed by atoms with E-state index in [1.54, 1.807) is 30.3 Å². The van der Waals surface area contributed by atoms with Gasteiger partial charge in [-0.3, -0.25) is 0 Å². The molecule has 0 unspecified atom stereocenters. The van der Waals surface area contributed by atoms with Crippen LogP contribution in [0.4, 0.5) is 13.2 Å². The van der Waals surface area contributed by atoms with Gasteiger partial charge in [-0.15, -0.1) is 0 Å². The lowest BCUT2D eigenvalue weighted by Crippen LogP contribution is -2.34. The number of hydrogen-bond acceptors (Lipinski definition) is 1. The predicted molar refractivity (Wildman–Crippen MR) is 77.8 cm³/mol. The highest BCUT2D eigenvalue weighted by Crippen LogP contribution is 2.28. The fourth-order valence-corrected chi connectivity index (χ4v) is 2.19. The minimum atomic E-state index is -4.19. The van der Waals surface area contributed by atoms with Gasteiger partial charge >= 0.3 is 6.18 Å². The lowest BCUT2D eigenvalue weighted by atomic mass is 9.98. The van der Waals surface area contributed by atoms with E-state index in [0.717, 1.165) is 5.56 Å². The van der Waals surface area contributed by atoms with Crippen molar-refractivity contribution < 1.29 is 13.2 Å². The maximum absolute atomic E-state index is 13.1. The number of rotatable bonds is 6. The van der Waals surface area contributed by atoms with Gasteiger partial charge in [0.05, 0.1) is 5.92 Å². The van der Waals surface area contributed by atoms with Crippen molar-refractivity contribution in [2.45, 2.75) is 19.1 Å². The Hall–Kier alpha value is -1.81. The Kier molecular flexibility index (Phi) is 5.39. The zero-order valence-corrected chi connectivity index (χ0v) is 11.6. The Morgan fingerprint density at radius 2 is 1.33 bits per heavy atom. The molecule has 0 heterocycles. The molecule has 0 fully saturated rings. The highest BCUT2D eigenvalue weighted by Gasteiger charge is 2.38. The highest BCUT2D eigenvalue weighted by atomic mass is 19.4. The molecule has 0 radical (unpaired) electrons.